The SMILES string of the molecule is C=C(C)CN(CC)CCCCCNCC(C)C. The highest BCUT2D eigenvalue weighted by Gasteiger charge is 2.01. The molecule has 102 valence electrons. The molecule has 0 amide bonds. The second-order valence-electron chi connectivity index (χ2n) is 5.48. The first kappa shape index (κ1) is 16.7. The number of nitrogens with zero attached hydrogens (tertiary/aromatic N) is 1. The Morgan fingerprint density at radius 1 is 1.24 bits per heavy atom. The fraction of sp³-hybridized carbons (Fsp3) is 0.867. The van der Waals surface area contributed by atoms with E-state index in [4.69, 9.17) is 0 Å². The van der Waals surface area contributed by atoms with Gasteiger partial charge in [-0.25, -0.2) is 0 Å². The largest absolute Gasteiger partial charge is 0.316 e. The molecule has 0 atom stereocenters. The first-order valence-corrected chi connectivity index (χ1v) is 7.13. The van der Waals surface area contributed by atoms with Gasteiger partial charge in [-0.05, 0) is 51.9 Å². The number of unbranched alkanes of at least 4 members (excludes halogenated alkanes) is 2. The summed E-state index contributed by atoms with van der Waals surface area (Å²) in [4.78, 5) is 2.48. The van der Waals surface area contributed by atoms with Crippen molar-refractivity contribution >= 4 is 0 Å². The van der Waals surface area contributed by atoms with E-state index in [2.05, 4.69) is 44.5 Å². The lowest BCUT2D eigenvalue weighted by Crippen LogP contribution is -2.26. The van der Waals surface area contributed by atoms with E-state index < -0.39 is 0 Å². The molecule has 0 aliphatic heterocycles. The predicted octanol–water partition coefficient (Wildman–Crippen LogP) is 3.30. The van der Waals surface area contributed by atoms with Crippen LogP contribution in [-0.2, 0) is 0 Å². The van der Waals surface area contributed by atoms with Gasteiger partial charge < -0.3 is 5.32 Å². The van der Waals surface area contributed by atoms with Crippen LogP contribution in [0.5, 0.6) is 0 Å². The molecule has 0 fully saturated rings. The molecule has 0 bridgehead atoms. The van der Waals surface area contributed by atoms with Crippen LogP contribution in [0.2, 0.25) is 0 Å². The van der Waals surface area contributed by atoms with Crippen LogP contribution in [0.4, 0.5) is 0 Å². The molecule has 0 heterocycles. The third-order valence-electron chi connectivity index (χ3n) is 2.82. The molecule has 0 rings (SSSR count). The smallest absolute Gasteiger partial charge is 0.0187 e. The van der Waals surface area contributed by atoms with Crippen molar-refractivity contribution in [2.45, 2.75) is 47.0 Å². The normalized spacial score (nSPS) is 11.4. The Balaban J connectivity index is 3.33. The topological polar surface area (TPSA) is 15.3 Å². The van der Waals surface area contributed by atoms with Crippen molar-refractivity contribution in [2.75, 3.05) is 32.7 Å². The summed E-state index contributed by atoms with van der Waals surface area (Å²) in [6.07, 6.45) is 3.94. The maximum Gasteiger partial charge on any atom is 0.0187 e. The van der Waals surface area contributed by atoms with Crippen LogP contribution in [-0.4, -0.2) is 37.6 Å². The number of likely N-dealkylation sites (N-methyl/N-ethyl adjacent to an activating group) is 1. The Morgan fingerprint density at radius 3 is 2.47 bits per heavy atom. The molecule has 0 aliphatic rings. The molecule has 0 saturated carbocycles. The van der Waals surface area contributed by atoms with E-state index in [-0.39, 0.29) is 0 Å². The summed E-state index contributed by atoms with van der Waals surface area (Å²) < 4.78 is 0. The second kappa shape index (κ2) is 10.8. The molecular weight excluding hydrogens is 208 g/mol. The van der Waals surface area contributed by atoms with E-state index >= 15 is 0 Å². The van der Waals surface area contributed by atoms with Gasteiger partial charge in [-0.15, -0.1) is 0 Å². The van der Waals surface area contributed by atoms with Crippen LogP contribution in [0, 0.1) is 5.92 Å². The molecule has 0 radical (unpaired) electrons. The Kier molecular flexibility index (Phi) is 10.6. The Labute approximate surface area is 108 Å². The molecular formula is C15H32N2. The second-order valence-corrected chi connectivity index (χ2v) is 5.48. The minimum absolute atomic E-state index is 0.765. The van der Waals surface area contributed by atoms with Gasteiger partial charge >= 0.3 is 0 Å². The van der Waals surface area contributed by atoms with Gasteiger partial charge in [0.25, 0.3) is 0 Å². The zero-order chi connectivity index (χ0) is 13.1. The van der Waals surface area contributed by atoms with Gasteiger partial charge in [0.1, 0.15) is 0 Å². The molecule has 17 heavy (non-hydrogen) atoms. The molecule has 1 N–H and O–H groups in total. The van der Waals surface area contributed by atoms with Crippen molar-refractivity contribution in [3.63, 3.8) is 0 Å². The molecule has 0 saturated heterocycles. The zero-order valence-corrected chi connectivity index (χ0v) is 12.4. The fourth-order valence-corrected chi connectivity index (χ4v) is 1.88. The summed E-state index contributed by atoms with van der Waals surface area (Å²) in [6.45, 7) is 18.6. The zero-order valence-electron chi connectivity index (χ0n) is 12.4. The van der Waals surface area contributed by atoms with E-state index in [1.54, 1.807) is 0 Å². The van der Waals surface area contributed by atoms with E-state index in [0.717, 1.165) is 25.6 Å². The highest BCUT2D eigenvalue weighted by atomic mass is 15.1. The molecule has 0 aliphatic carbocycles. The van der Waals surface area contributed by atoms with Gasteiger partial charge in [0.15, 0.2) is 0 Å². The third kappa shape index (κ3) is 11.9. The highest BCUT2D eigenvalue weighted by molar-refractivity contribution is 4.91. The van der Waals surface area contributed by atoms with Crippen molar-refractivity contribution in [3.05, 3.63) is 12.2 Å². The van der Waals surface area contributed by atoms with Crippen molar-refractivity contribution < 1.29 is 0 Å². The molecule has 0 aromatic rings. The maximum atomic E-state index is 3.98. The molecule has 0 unspecified atom stereocenters. The molecule has 0 aromatic carbocycles. The van der Waals surface area contributed by atoms with E-state index in [0.29, 0.717) is 0 Å². The summed E-state index contributed by atoms with van der Waals surface area (Å²) in [5, 5.41) is 3.49. The van der Waals surface area contributed by atoms with Crippen molar-refractivity contribution in [2.24, 2.45) is 5.92 Å². The summed E-state index contributed by atoms with van der Waals surface area (Å²) in [5.41, 5.74) is 1.27. The summed E-state index contributed by atoms with van der Waals surface area (Å²) >= 11 is 0. The number of hydrogen-bond donors (Lipinski definition) is 1. The number of hydrogen-bond acceptors (Lipinski definition) is 2. The quantitative estimate of drug-likeness (QED) is 0.440. The predicted molar refractivity (Wildman–Crippen MR) is 78.5 cm³/mol. The van der Waals surface area contributed by atoms with Crippen LogP contribution in [0.15, 0.2) is 12.2 Å². The van der Waals surface area contributed by atoms with E-state index in [9.17, 15) is 0 Å². The van der Waals surface area contributed by atoms with Crippen LogP contribution in [0.3, 0.4) is 0 Å². The Hall–Kier alpha value is -0.340. The van der Waals surface area contributed by atoms with E-state index in [1.807, 2.05) is 0 Å². The first-order chi connectivity index (χ1) is 8.06. The van der Waals surface area contributed by atoms with Crippen molar-refractivity contribution in [1.29, 1.82) is 0 Å². The van der Waals surface area contributed by atoms with Crippen LogP contribution in [0.1, 0.15) is 47.0 Å². The lowest BCUT2D eigenvalue weighted by atomic mass is 10.2. The third-order valence-corrected chi connectivity index (χ3v) is 2.82. The van der Waals surface area contributed by atoms with Crippen molar-refractivity contribution in [1.82, 2.24) is 10.2 Å². The highest BCUT2D eigenvalue weighted by Crippen LogP contribution is 2.01. The minimum Gasteiger partial charge on any atom is -0.316 e. The molecule has 0 spiro atoms. The minimum atomic E-state index is 0.765. The van der Waals surface area contributed by atoms with Gasteiger partial charge in [-0.1, -0.05) is 39.3 Å². The average Bonchev–Trinajstić information content (AvgIpc) is 2.25. The number of nitrogens with one attached hydrogen (secondary N) is 1. The van der Waals surface area contributed by atoms with Crippen LogP contribution >= 0.6 is 0 Å². The number of rotatable bonds is 11. The maximum absolute atomic E-state index is 3.98. The Bertz CT molecular complexity index is 187. The monoisotopic (exact) mass is 240 g/mol. The first-order valence-electron chi connectivity index (χ1n) is 7.13. The summed E-state index contributed by atoms with van der Waals surface area (Å²) in [7, 11) is 0. The summed E-state index contributed by atoms with van der Waals surface area (Å²) in [6, 6.07) is 0. The fourth-order valence-electron chi connectivity index (χ4n) is 1.88. The average molecular weight is 240 g/mol. The van der Waals surface area contributed by atoms with Gasteiger partial charge in [-0.3, -0.25) is 4.90 Å². The van der Waals surface area contributed by atoms with E-state index in [1.165, 1.54) is 37.9 Å². The van der Waals surface area contributed by atoms with Gasteiger partial charge in [-0.2, -0.15) is 0 Å². The Morgan fingerprint density at radius 2 is 1.94 bits per heavy atom. The van der Waals surface area contributed by atoms with Crippen LogP contribution in [0.25, 0.3) is 0 Å². The van der Waals surface area contributed by atoms with Gasteiger partial charge in [0.05, 0.1) is 0 Å². The van der Waals surface area contributed by atoms with Crippen LogP contribution < -0.4 is 5.32 Å². The van der Waals surface area contributed by atoms with Gasteiger partial charge in [0.2, 0.25) is 0 Å². The van der Waals surface area contributed by atoms with Crippen molar-refractivity contribution in [3.8, 4) is 0 Å². The lowest BCUT2D eigenvalue weighted by molar-refractivity contribution is 0.303. The molecule has 0 aromatic heterocycles. The standard InChI is InChI=1S/C15H32N2/c1-6-17(13-15(4)5)11-9-7-8-10-16-12-14(2)3/h14,16H,4,6-13H2,1-3,5H3. The van der Waals surface area contributed by atoms with Gasteiger partial charge in [0, 0.05) is 6.54 Å². The molecule has 2 heteroatoms. The molecule has 2 nitrogen and oxygen atoms in total. The summed E-state index contributed by atoms with van der Waals surface area (Å²) in [5.74, 6) is 0.765. The lowest BCUT2D eigenvalue weighted by Gasteiger charge is -2.20.